The van der Waals surface area contributed by atoms with Crippen LogP contribution < -0.4 is 5.32 Å². The van der Waals surface area contributed by atoms with Gasteiger partial charge in [-0.15, -0.1) is 0 Å². The molecule has 0 saturated carbocycles. The second-order valence-electron chi connectivity index (χ2n) is 2.59. The van der Waals surface area contributed by atoms with Crippen LogP contribution in [0, 0.1) is 0 Å². The fourth-order valence-corrected chi connectivity index (χ4v) is 0.718. The predicted octanol–water partition coefficient (Wildman–Crippen LogP) is -0.431. The van der Waals surface area contributed by atoms with Crippen LogP contribution in [0.3, 0.4) is 0 Å². The van der Waals surface area contributed by atoms with Crippen LogP contribution in [-0.4, -0.2) is 40.8 Å². The van der Waals surface area contributed by atoms with E-state index in [9.17, 15) is 4.79 Å². The molecule has 0 spiro atoms. The molecule has 1 atom stereocenters. The van der Waals surface area contributed by atoms with Crippen molar-refractivity contribution in [3.63, 3.8) is 0 Å². The van der Waals surface area contributed by atoms with Crippen molar-refractivity contribution < 1.29 is 9.53 Å². The molecule has 0 aliphatic heterocycles. The van der Waals surface area contributed by atoms with Crippen molar-refractivity contribution >= 4 is 5.91 Å². The molecule has 0 fully saturated rings. The number of nitrogens with zero attached hydrogens (tertiary/aromatic N) is 2. The highest BCUT2D eigenvalue weighted by Gasteiger charge is 2.08. The second kappa shape index (κ2) is 4.56. The number of methoxy groups -OCH3 is 1. The molecule has 72 valence electrons. The highest BCUT2D eigenvalue weighted by atomic mass is 16.5. The van der Waals surface area contributed by atoms with E-state index in [0.717, 1.165) is 0 Å². The number of aromatic amines is 1. The Morgan fingerprint density at radius 3 is 3.15 bits per heavy atom. The van der Waals surface area contributed by atoms with Crippen molar-refractivity contribution in [2.75, 3.05) is 13.7 Å². The standard InChI is InChI=1S/C7H12N4O2/c1-5(13-2)3-8-7(12)6-9-4-10-11-6/h4-5H,3H2,1-2H3,(H,8,12)(H,9,10,11). The Hall–Kier alpha value is -1.43. The lowest BCUT2D eigenvalue weighted by Crippen LogP contribution is -2.32. The fraction of sp³-hybridized carbons (Fsp3) is 0.571. The zero-order valence-electron chi connectivity index (χ0n) is 7.57. The van der Waals surface area contributed by atoms with Crippen molar-refractivity contribution in [1.29, 1.82) is 0 Å². The minimum atomic E-state index is -0.276. The first-order valence-electron chi connectivity index (χ1n) is 3.90. The monoisotopic (exact) mass is 184 g/mol. The van der Waals surface area contributed by atoms with E-state index in [0.29, 0.717) is 6.54 Å². The third-order valence-electron chi connectivity index (χ3n) is 1.58. The third-order valence-corrected chi connectivity index (χ3v) is 1.58. The molecule has 6 heteroatoms. The van der Waals surface area contributed by atoms with E-state index in [1.807, 2.05) is 6.92 Å². The Morgan fingerprint density at radius 1 is 1.85 bits per heavy atom. The van der Waals surface area contributed by atoms with Gasteiger partial charge in [0.1, 0.15) is 6.33 Å². The number of rotatable bonds is 4. The number of hydrogen-bond acceptors (Lipinski definition) is 4. The topological polar surface area (TPSA) is 79.9 Å². The Balaban J connectivity index is 2.35. The van der Waals surface area contributed by atoms with Crippen LogP contribution >= 0.6 is 0 Å². The van der Waals surface area contributed by atoms with Gasteiger partial charge in [0, 0.05) is 13.7 Å². The van der Waals surface area contributed by atoms with E-state index in [4.69, 9.17) is 4.74 Å². The third kappa shape index (κ3) is 2.83. The fourth-order valence-electron chi connectivity index (χ4n) is 0.718. The van der Waals surface area contributed by atoms with Gasteiger partial charge in [0.15, 0.2) is 0 Å². The molecule has 1 heterocycles. The van der Waals surface area contributed by atoms with Gasteiger partial charge in [-0.2, -0.15) is 5.10 Å². The smallest absolute Gasteiger partial charge is 0.288 e. The molecular formula is C7H12N4O2. The maximum absolute atomic E-state index is 11.2. The van der Waals surface area contributed by atoms with Gasteiger partial charge in [-0.3, -0.25) is 9.89 Å². The van der Waals surface area contributed by atoms with Crippen LogP contribution in [0.5, 0.6) is 0 Å². The second-order valence-corrected chi connectivity index (χ2v) is 2.59. The number of carbonyl (C=O) groups excluding carboxylic acids is 1. The molecule has 0 aliphatic rings. The number of ether oxygens (including phenoxy) is 1. The molecule has 0 aliphatic carbocycles. The first-order chi connectivity index (χ1) is 6.24. The lowest BCUT2D eigenvalue weighted by Gasteiger charge is -2.08. The highest BCUT2D eigenvalue weighted by molar-refractivity contribution is 5.90. The average Bonchev–Trinajstić information content (AvgIpc) is 2.66. The first kappa shape index (κ1) is 9.66. The van der Waals surface area contributed by atoms with E-state index in [1.54, 1.807) is 7.11 Å². The van der Waals surface area contributed by atoms with Crippen LogP contribution in [0.25, 0.3) is 0 Å². The normalized spacial score (nSPS) is 12.5. The van der Waals surface area contributed by atoms with Gasteiger partial charge in [0.2, 0.25) is 5.82 Å². The Bertz CT molecular complexity index is 259. The number of amides is 1. The number of hydrogen-bond donors (Lipinski definition) is 2. The summed E-state index contributed by atoms with van der Waals surface area (Å²) < 4.78 is 4.96. The molecule has 0 aromatic carbocycles. The van der Waals surface area contributed by atoms with Gasteiger partial charge in [-0.1, -0.05) is 0 Å². The molecule has 1 aromatic rings. The van der Waals surface area contributed by atoms with Gasteiger partial charge < -0.3 is 10.1 Å². The molecule has 1 aromatic heterocycles. The summed E-state index contributed by atoms with van der Waals surface area (Å²) in [7, 11) is 1.59. The minimum absolute atomic E-state index is 0.00753. The van der Waals surface area contributed by atoms with Crippen LogP contribution in [0.2, 0.25) is 0 Å². The molecule has 6 nitrogen and oxygen atoms in total. The van der Waals surface area contributed by atoms with E-state index in [1.165, 1.54) is 6.33 Å². The van der Waals surface area contributed by atoms with E-state index >= 15 is 0 Å². The maximum Gasteiger partial charge on any atom is 0.288 e. The Labute approximate surface area is 75.7 Å². The van der Waals surface area contributed by atoms with Gasteiger partial charge in [0.25, 0.3) is 5.91 Å². The van der Waals surface area contributed by atoms with E-state index in [2.05, 4.69) is 20.5 Å². The predicted molar refractivity (Wildman–Crippen MR) is 45.2 cm³/mol. The summed E-state index contributed by atoms with van der Waals surface area (Å²) in [6.07, 6.45) is 1.28. The van der Waals surface area contributed by atoms with Gasteiger partial charge in [-0.05, 0) is 6.92 Å². The lowest BCUT2D eigenvalue weighted by atomic mass is 10.4. The zero-order valence-corrected chi connectivity index (χ0v) is 7.57. The quantitative estimate of drug-likeness (QED) is 0.665. The Kier molecular flexibility index (Phi) is 3.39. The molecule has 13 heavy (non-hydrogen) atoms. The molecule has 0 radical (unpaired) electrons. The Morgan fingerprint density at radius 2 is 2.62 bits per heavy atom. The summed E-state index contributed by atoms with van der Waals surface area (Å²) in [5.74, 6) is -0.0651. The van der Waals surface area contributed by atoms with E-state index < -0.39 is 0 Å². The summed E-state index contributed by atoms with van der Waals surface area (Å²) in [4.78, 5) is 14.9. The van der Waals surface area contributed by atoms with Crippen LogP contribution in [0.4, 0.5) is 0 Å². The summed E-state index contributed by atoms with van der Waals surface area (Å²) in [5.41, 5.74) is 0. The molecule has 1 unspecified atom stereocenters. The van der Waals surface area contributed by atoms with E-state index in [-0.39, 0.29) is 17.8 Å². The summed E-state index contributed by atoms with van der Waals surface area (Å²) in [6, 6.07) is 0. The van der Waals surface area contributed by atoms with Gasteiger partial charge >= 0.3 is 0 Å². The van der Waals surface area contributed by atoms with Crippen LogP contribution in [0.15, 0.2) is 6.33 Å². The molecule has 2 N–H and O–H groups in total. The highest BCUT2D eigenvalue weighted by Crippen LogP contribution is 1.87. The lowest BCUT2D eigenvalue weighted by molar-refractivity contribution is 0.0862. The van der Waals surface area contributed by atoms with Gasteiger partial charge in [0.05, 0.1) is 6.10 Å². The van der Waals surface area contributed by atoms with Crippen molar-refractivity contribution in [1.82, 2.24) is 20.5 Å². The van der Waals surface area contributed by atoms with Crippen LogP contribution in [-0.2, 0) is 4.74 Å². The molecule has 0 saturated heterocycles. The number of aromatic nitrogens is 3. The minimum Gasteiger partial charge on any atom is -0.380 e. The molecular weight excluding hydrogens is 172 g/mol. The summed E-state index contributed by atoms with van der Waals surface area (Å²) >= 11 is 0. The largest absolute Gasteiger partial charge is 0.380 e. The van der Waals surface area contributed by atoms with Crippen molar-refractivity contribution in [3.8, 4) is 0 Å². The molecule has 1 rings (SSSR count). The average molecular weight is 184 g/mol. The van der Waals surface area contributed by atoms with Crippen molar-refractivity contribution in [3.05, 3.63) is 12.2 Å². The number of nitrogens with one attached hydrogen (secondary N) is 2. The SMILES string of the molecule is COC(C)CNC(=O)c1ncn[nH]1. The first-order valence-corrected chi connectivity index (χ1v) is 3.90. The number of carbonyl (C=O) groups is 1. The van der Waals surface area contributed by atoms with Crippen molar-refractivity contribution in [2.24, 2.45) is 0 Å². The molecule has 0 bridgehead atoms. The molecule has 1 amide bonds. The van der Waals surface area contributed by atoms with Gasteiger partial charge in [-0.25, -0.2) is 4.98 Å². The maximum atomic E-state index is 11.2. The zero-order chi connectivity index (χ0) is 9.68. The van der Waals surface area contributed by atoms with Crippen LogP contribution in [0.1, 0.15) is 17.5 Å². The van der Waals surface area contributed by atoms with Crippen molar-refractivity contribution in [2.45, 2.75) is 13.0 Å². The summed E-state index contributed by atoms with van der Waals surface area (Å²) in [5, 5.41) is 8.67. The number of H-pyrrole nitrogens is 1. The summed E-state index contributed by atoms with van der Waals surface area (Å²) in [6.45, 7) is 2.32.